The number of nitrogens with one attached hydrogen (secondary N) is 1. The highest BCUT2D eigenvalue weighted by atomic mass is 16.7. The summed E-state index contributed by atoms with van der Waals surface area (Å²) in [5.74, 6) is 2.78. The number of nitrogens with zero attached hydrogens (tertiary/aromatic N) is 3. The molecule has 0 bridgehead atoms. The summed E-state index contributed by atoms with van der Waals surface area (Å²) in [4.78, 5) is 2.09. The van der Waals surface area contributed by atoms with Crippen LogP contribution in [0, 0.1) is 6.92 Å². The van der Waals surface area contributed by atoms with Crippen molar-refractivity contribution in [2.24, 2.45) is 7.05 Å². The van der Waals surface area contributed by atoms with Crippen LogP contribution in [0.4, 0.5) is 5.82 Å². The van der Waals surface area contributed by atoms with E-state index < -0.39 is 0 Å². The second kappa shape index (κ2) is 5.88. The van der Waals surface area contributed by atoms with Crippen molar-refractivity contribution in [2.45, 2.75) is 20.0 Å². The maximum absolute atomic E-state index is 5.41. The van der Waals surface area contributed by atoms with Crippen molar-refractivity contribution in [3.8, 4) is 11.5 Å². The molecule has 0 aliphatic carbocycles. The van der Waals surface area contributed by atoms with Crippen molar-refractivity contribution in [1.82, 2.24) is 15.1 Å². The van der Waals surface area contributed by atoms with E-state index in [1.807, 2.05) is 44.9 Å². The smallest absolute Gasteiger partial charge is 0.231 e. The molecule has 0 radical (unpaired) electrons. The van der Waals surface area contributed by atoms with Crippen LogP contribution in [-0.4, -0.2) is 30.7 Å². The topological polar surface area (TPSA) is 51.6 Å². The molecule has 6 heteroatoms. The van der Waals surface area contributed by atoms with Crippen molar-refractivity contribution < 1.29 is 9.47 Å². The van der Waals surface area contributed by atoms with Crippen LogP contribution in [0.2, 0.25) is 0 Å². The van der Waals surface area contributed by atoms with Gasteiger partial charge >= 0.3 is 0 Å². The molecule has 1 aliphatic rings. The molecule has 6 nitrogen and oxygen atoms in total. The zero-order valence-electron chi connectivity index (χ0n) is 13.5. The molecule has 0 fully saturated rings. The van der Waals surface area contributed by atoms with Gasteiger partial charge in [0.15, 0.2) is 11.5 Å². The SMILES string of the molecule is Cc1nn(C)c(N(C)C)c1CNCc1ccc2c(c1)OCO2. The largest absolute Gasteiger partial charge is 0.454 e. The molecule has 0 spiro atoms. The fourth-order valence-corrected chi connectivity index (χ4v) is 2.84. The van der Waals surface area contributed by atoms with Crippen molar-refractivity contribution in [3.05, 3.63) is 35.0 Å². The predicted molar refractivity (Wildman–Crippen MR) is 85.4 cm³/mol. The van der Waals surface area contributed by atoms with Gasteiger partial charge in [0.25, 0.3) is 0 Å². The minimum absolute atomic E-state index is 0.313. The third-order valence-electron chi connectivity index (χ3n) is 3.80. The number of hydrogen-bond acceptors (Lipinski definition) is 5. The van der Waals surface area contributed by atoms with E-state index in [-0.39, 0.29) is 0 Å². The first kappa shape index (κ1) is 14.7. The summed E-state index contributed by atoms with van der Waals surface area (Å²) in [6, 6.07) is 6.04. The lowest BCUT2D eigenvalue weighted by molar-refractivity contribution is 0.174. The molecule has 1 N–H and O–H groups in total. The third-order valence-corrected chi connectivity index (χ3v) is 3.80. The summed E-state index contributed by atoms with van der Waals surface area (Å²) in [6.07, 6.45) is 0. The maximum Gasteiger partial charge on any atom is 0.231 e. The van der Waals surface area contributed by atoms with Crippen LogP contribution in [0.15, 0.2) is 18.2 Å². The van der Waals surface area contributed by atoms with Gasteiger partial charge in [-0.25, -0.2) is 0 Å². The van der Waals surface area contributed by atoms with Gasteiger partial charge in [-0.05, 0) is 24.6 Å². The van der Waals surface area contributed by atoms with Gasteiger partial charge in [0.1, 0.15) is 5.82 Å². The average molecular weight is 302 g/mol. The summed E-state index contributed by atoms with van der Waals surface area (Å²) in [7, 11) is 6.05. The van der Waals surface area contributed by atoms with Crippen LogP contribution in [0.1, 0.15) is 16.8 Å². The second-order valence-corrected chi connectivity index (χ2v) is 5.70. The van der Waals surface area contributed by atoms with Gasteiger partial charge in [0.05, 0.1) is 5.69 Å². The van der Waals surface area contributed by atoms with E-state index in [4.69, 9.17) is 9.47 Å². The van der Waals surface area contributed by atoms with Crippen LogP contribution < -0.4 is 19.7 Å². The van der Waals surface area contributed by atoms with E-state index in [2.05, 4.69) is 21.4 Å². The molecule has 0 unspecified atom stereocenters. The molecule has 0 atom stereocenters. The van der Waals surface area contributed by atoms with Crippen molar-refractivity contribution in [2.75, 3.05) is 25.8 Å². The molecular formula is C16H22N4O2. The molecule has 0 saturated heterocycles. The van der Waals surface area contributed by atoms with Gasteiger partial charge in [-0.3, -0.25) is 4.68 Å². The van der Waals surface area contributed by atoms with E-state index in [0.29, 0.717) is 6.79 Å². The Kier molecular flexibility index (Phi) is 3.94. The Morgan fingerprint density at radius 3 is 2.77 bits per heavy atom. The molecule has 3 rings (SSSR count). The molecule has 1 aromatic heterocycles. The highest BCUT2D eigenvalue weighted by molar-refractivity contribution is 5.49. The lowest BCUT2D eigenvalue weighted by atomic mass is 10.2. The number of hydrogen-bond donors (Lipinski definition) is 1. The first-order valence-corrected chi connectivity index (χ1v) is 7.35. The first-order chi connectivity index (χ1) is 10.6. The minimum atomic E-state index is 0.313. The number of benzene rings is 1. The van der Waals surface area contributed by atoms with Crippen LogP contribution >= 0.6 is 0 Å². The molecule has 0 amide bonds. The van der Waals surface area contributed by atoms with E-state index in [1.165, 1.54) is 11.1 Å². The van der Waals surface area contributed by atoms with Crippen molar-refractivity contribution in [3.63, 3.8) is 0 Å². The zero-order chi connectivity index (χ0) is 15.7. The molecule has 1 aromatic carbocycles. The number of aromatic nitrogens is 2. The van der Waals surface area contributed by atoms with E-state index in [9.17, 15) is 0 Å². The van der Waals surface area contributed by atoms with Gasteiger partial charge in [-0.1, -0.05) is 6.07 Å². The van der Waals surface area contributed by atoms with Gasteiger partial charge in [-0.15, -0.1) is 0 Å². The lowest BCUT2D eigenvalue weighted by Gasteiger charge is -2.15. The Morgan fingerprint density at radius 2 is 2.00 bits per heavy atom. The monoisotopic (exact) mass is 302 g/mol. The van der Waals surface area contributed by atoms with Crippen molar-refractivity contribution >= 4 is 5.82 Å². The molecule has 118 valence electrons. The highest BCUT2D eigenvalue weighted by Crippen LogP contribution is 2.32. The molecular weight excluding hydrogens is 280 g/mol. The normalized spacial score (nSPS) is 12.7. The molecule has 2 heterocycles. The van der Waals surface area contributed by atoms with Crippen LogP contribution in [0.3, 0.4) is 0 Å². The van der Waals surface area contributed by atoms with E-state index >= 15 is 0 Å². The third kappa shape index (κ3) is 2.74. The highest BCUT2D eigenvalue weighted by Gasteiger charge is 2.15. The molecule has 0 saturated carbocycles. The molecule has 22 heavy (non-hydrogen) atoms. The maximum atomic E-state index is 5.41. The number of rotatable bonds is 5. The Balaban J connectivity index is 1.66. The van der Waals surface area contributed by atoms with Gasteiger partial charge in [0.2, 0.25) is 6.79 Å². The average Bonchev–Trinajstić information content (AvgIpc) is 3.03. The quantitative estimate of drug-likeness (QED) is 0.913. The predicted octanol–water partition coefficient (Wildman–Crippen LogP) is 1.81. The Morgan fingerprint density at radius 1 is 1.23 bits per heavy atom. The van der Waals surface area contributed by atoms with Gasteiger partial charge in [-0.2, -0.15) is 5.10 Å². The summed E-state index contributed by atoms with van der Waals surface area (Å²) < 4.78 is 12.7. The standard InChI is InChI=1S/C16H22N4O2/c1-11-13(16(19(2)3)20(4)18-11)9-17-8-12-5-6-14-15(7-12)22-10-21-14/h5-7,17H,8-10H2,1-4H3. The van der Waals surface area contributed by atoms with E-state index in [1.54, 1.807) is 0 Å². The number of anilines is 1. The van der Waals surface area contributed by atoms with Crippen LogP contribution in [0.25, 0.3) is 0 Å². The van der Waals surface area contributed by atoms with E-state index in [0.717, 1.165) is 36.1 Å². The van der Waals surface area contributed by atoms with Crippen LogP contribution in [0.5, 0.6) is 11.5 Å². The summed E-state index contributed by atoms with van der Waals surface area (Å²) in [5, 5.41) is 7.99. The molecule has 1 aliphatic heterocycles. The summed E-state index contributed by atoms with van der Waals surface area (Å²) in [6.45, 7) is 3.91. The number of aryl methyl sites for hydroxylation is 2. The number of fused-ring (bicyclic) bond motifs is 1. The fraction of sp³-hybridized carbons (Fsp3) is 0.438. The Labute approximate surface area is 130 Å². The Bertz CT molecular complexity index is 679. The summed E-state index contributed by atoms with van der Waals surface area (Å²) >= 11 is 0. The van der Waals surface area contributed by atoms with Gasteiger partial charge in [0, 0.05) is 39.8 Å². The van der Waals surface area contributed by atoms with Crippen LogP contribution in [-0.2, 0) is 20.1 Å². The number of ether oxygens (including phenoxy) is 2. The van der Waals surface area contributed by atoms with Crippen molar-refractivity contribution in [1.29, 1.82) is 0 Å². The summed E-state index contributed by atoms with van der Waals surface area (Å²) in [5.41, 5.74) is 3.47. The Hall–Kier alpha value is -2.21. The fourth-order valence-electron chi connectivity index (χ4n) is 2.84. The second-order valence-electron chi connectivity index (χ2n) is 5.70. The minimum Gasteiger partial charge on any atom is -0.454 e. The zero-order valence-corrected chi connectivity index (χ0v) is 13.5. The lowest BCUT2D eigenvalue weighted by Crippen LogP contribution is -2.18. The first-order valence-electron chi connectivity index (χ1n) is 7.35. The molecule has 2 aromatic rings. The van der Waals surface area contributed by atoms with Gasteiger partial charge < -0.3 is 19.7 Å².